The van der Waals surface area contributed by atoms with Crippen LogP contribution in [0.4, 0.5) is 24.8 Å². The van der Waals surface area contributed by atoms with Crippen molar-refractivity contribution >= 4 is 23.2 Å². The SMILES string of the molecule is FC(F)(F)c1ccc(Nc2nnc(-c3cccc(Cl)c3)[nH]2)cc1. The van der Waals surface area contributed by atoms with Crippen LogP contribution in [0.1, 0.15) is 5.56 Å². The van der Waals surface area contributed by atoms with Gasteiger partial charge in [-0.3, -0.25) is 0 Å². The fourth-order valence-corrected chi connectivity index (χ4v) is 2.15. The highest BCUT2D eigenvalue weighted by Gasteiger charge is 2.29. The lowest BCUT2D eigenvalue weighted by atomic mass is 10.2. The van der Waals surface area contributed by atoms with Gasteiger partial charge in [0.1, 0.15) is 0 Å². The maximum atomic E-state index is 12.5. The summed E-state index contributed by atoms with van der Waals surface area (Å²) in [6.45, 7) is 0. The predicted octanol–water partition coefficient (Wildman–Crippen LogP) is 4.89. The van der Waals surface area contributed by atoms with E-state index in [0.29, 0.717) is 22.5 Å². The number of benzene rings is 2. The van der Waals surface area contributed by atoms with Crippen molar-refractivity contribution < 1.29 is 13.2 Å². The van der Waals surface area contributed by atoms with Crippen molar-refractivity contribution in [3.05, 3.63) is 59.1 Å². The summed E-state index contributed by atoms with van der Waals surface area (Å²) in [5, 5.41) is 11.3. The van der Waals surface area contributed by atoms with E-state index in [2.05, 4.69) is 20.5 Å². The predicted molar refractivity (Wildman–Crippen MR) is 81.6 cm³/mol. The molecule has 4 nitrogen and oxygen atoms in total. The molecule has 8 heteroatoms. The topological polar surface area (TPSA) is 53.6 Å². The summed E-state index contributed by atoms with van der Waals surface area (Å²) < 4.78 is 37.5. The molecule has 0 aliphatic carbocycles. The Kier molecular flexibility index (Phi) is 3.96. The van der Waals surface area contributed by atoms with Crippen LogP contribution in [0.15, 0.2) is 48.5 Å². The number of aromatic amines is 1. The molecule has 0 aliphatic rings. The van der Waals surface area contributed by atoms with Crippen LogP contribution in [-0.4, -0.2) is 15.2 Å². The second kappa shape index (κ2) is 5.92. The van der Waals surface area contributed by atoms with Gasteiger partial charge in [0.15, 0.2) is 5.82 Å². The molecule has 0 saturated carbocycles. The molecule has 0 unspecified atom stereocenters. The normalized spacial score (nSPS) is 11.5. The van der Waals surface area contributed by atoms with E-state index in [1.54, 1.807) is 18.2 Å². The zero-order valence-electron chi connectivity index (χ0n) is 11.5. The van der Waals surface area contributed by atoms with Crippen LogP contribution in [0, 0.1) is 0 Å². The smallest absolute Gasteiger partial charge is 0.324 e. The molecule has 1 aromatic heterocycles. The van der Waals surface area contributed by atoms with Gasteiger partial charge in [0.25, 0.3) is 0 Å². The summed E-state index contributed by atoms with van der Waals surface area (Å²) in [5.74, 6) is 0.821. The van der Waals surface area contributed by atoms with Crippen molar-refractivity contribution in [2.24, 2.45) is 0 Å². The molecule has 0 aliphatic heterocycles. The first-order valence-electron chi connectivity index (χ1n) is 6.55. The monoisotopic (exact) mass is 338 g/mol. The summed E-state index contributed by atoms with van der Waals surface area (Å²) in [5.41, 5.74) is 0.512. The number of hydrogen-bond acceptors (Lipinski definition) is 3. The minimum atomic E-state index is -4.36. The van der Waals surface area contributed by atoms with Crippen molar-refractivity contribution in [3.63, 3.8) is 0 Å². The van der Waals surface area contributed by atoms with Gasteiger partial charge in [-0.05, 0) is 36.4 Å². The number of H-pyrrole nitrogens is 1. The zero-order valence-corrected chi connectivity index (χ0v) is 12.3. The molecule has 23 heavy (non-hydrogen) atoms. The number of hydrogen-bond donors (Lipinski definition) is 2. The number of nitrogens with zero attached hydrogens (tertiary/aromatic N) is 2. The molecule has 0 saturated heterocycles. The Bertz CT molecular complexity index is 812. The van der Waals surface area contributed by atoms with E-state index in [-0.39, 0.29) is 0 Å². The molecule has 0 amide bonds. The molecule has 0 atom stereocenters. The van der Waals surface area contributed by atoms with Crippen LogP contribution in [0.3, 0.4) is 0 Å². The van der Waals surface area contributed by atoms with Crippen molar-refractivity contribution in [1.82, 2.24) is 15.2 Å². The summed E-state index contributed by atoms with van der Waals surface area (Å²) in [6, 6.07) is 11.7. The van der Waals surface area contributed by atoms with Gasteiger partial charge < -0.3 is 10.3 Å². The van der Waals surface area contributed by atoms with Crippen molar-refractivity contribution in [2.75, 3.05) is 5.32 Å². The van der Waals surface area contributed by atoms with Crippen LogP contribution >= 0.6 is 11.6 Å². The maximum absolute atomic E-state index is 12.5. The van der Waals surface area contributed by atoms with Gasteiger partial charge in [0.2, 0.25) is 5.95 Å². The fourth-order valence-electron chi connectivity index (χ4n) is 1.96. The average Bonchev–Trinajstić information content (AvgIpc) is 2.95. The van der Waals surface area contributed by atoms with E-state index in [1.807, 2.05) is 6.07 Å². The lowest BCUT2D eigenvalue weighted by Crippen LogP contribution is -2.04. The molecule has 3 rings (SSSR count). The summed E-state index contributed by atoms with van der Waals surface area (Å²) in [6.07, 6.45) is -4.36. The fraction of sp³-hybridized carbons (Fsp3) is 0.0667. The van der Waals surface area contributed by atoms with E-state index in [4.69, 9.17) is 11.6 Å². The van der Waals surface area contributed by atoms with Gasteiger partial charge in [-0.1, -0.05) is 23.7 Å². The van der Waals surface area contributed by atoms with Crippen LogP contribution < -0.4 is 5.32 Å². The zero-order chi connectivity index (χ0) is 16.4. The van der Waals surface area contributed by atoms with Gasteiger partial charge in [-0.2, -0.15) is 13.2 Å². The standard InChI is InChI=1S/C15H10ClF3N4/c16-11-3-1-2-9(8-11)13-21-14(23-22-13)20-12-6-4-10(5-7-12)15(17,18)19/h1-8H,(H2,20,21,22,23). The van der Waals surface area contributed by atoms with E-state index < -0.39 is 11.7 Å². The Morgan fingerprint density at radius 3 is 2.39 bits per heavy atom. The second-order valence-corrected chi connectivity index (χ2v) is 5.17. The number of rotatable bonds is 3. The van der Waals surface area contributed by atoms with Crippen LogP contribution in [-0.2, 0) is 6.18 Å². The van der Waals surface area contributed by atoms with Gasteiger partial charge in [-0.15, -0.1) is 10.2 Å². The lowest BCUT2D eigenvalue weighted by Gasteiger charge is -2.07. The van der Waals surface area contributed by atoms with E-state index in [1.165, 1.54) is 12.1 Å². The highest BCUT2D eigenvalue weighted by molar-refractivity contribution is 6.30. The average molecular weight is 339 g/mol. The third-order valence-electron chi connectivity index (χ3n) is 3.06. The summed E-state index contributed by atoms with van der Waals surface area (Å²) in [4.78, 5) is 2.94. The lowest BCUT2D eigenvalue weighted by molar-refractivity contribution is -0.137. The van der Waals surface area contributed by atoms with Crippen molar-refractivity contribution in [3.8, 4) is 11.4 Å². The number of aromatic nitrogens is 3. The first-order valence-corrected chi connectivity index (χ1v) is 6.92. The van der Waals surface area contributed by atoms with E-state index >= 15 is 0 Å². The Morgan fingerprint density at radius 1 is 1.00 bits per heavy atom. The van der Waals surface area contributed by atoms with Crippen LogP contribution in [0.5, 0.6) is 0 Å². The van der Waals surface area contributed by atoms with Gasteiger partial charge in [-0.25, -0.2) is 0 Å². The van der Waals surface area contributed by atoms with Gasteiger partial charge in [0, 0.05) is 16.3 Å². The van der Waals surface area contributed by atoms with E-state index in [0.717, 1.165) is 17.7 Å². The van der Waals surface area contributed by atoms with Crippen molar-refractivity contribution in [1.29, 1.82) is 0 Å². The number of alkyl halides is 3. The minimum absolute atomic E-state index is 0.319. The van der Waals surface area contributed by atoms with E-state index in [9.17, 15) is 13.2 Å². The van der Waals surface area contributed by atoms with Crippen LogP contribution in [0.25, 0.3) is 11.4 Å². The highest BCUT2D eigenvalue weighted by atomic mass is 35.5. The number of anilines is 2. The van der Waals surface area contributed by atoms with Gasteiger partial charge in [0.05, 0.1) is 5.56 Å². The first kappa shape index (κ1) is 15.4. The molecule has 2 N–H and O–H groups in total. The van der Waals surface area contributed by atoms with Crippen molar-refractivity contribution in [2.45, 2.75) is 6.18 Å². The molecule has 2 aromatic carbocycles. The Labute approximate surface area is 134 Å². The Hall–Kier alpha value is -2.54. The Morgan fingerprint density at radius 2 is 1.74 bits per heavy atom. The summed E-state index contributed by atoms with van der Waals surface area (Å²) in [7, 11) is 0. The Balaban J connectivity index is 1.77. The molecule has 0 radical (unpaired) electrons. The summed E-state index contributed by atoms with van der Waals surface area (Å²) >= 11 is 5.91. The molecule has 0 spiro atoms. The highest BCUT2D eigenvalue weighted by Crippen LogP contribution is 2.30. The molecule has 1 heterocycles. The third-order valence-corrected chi connectivity index (χ3v) is 3.29. The largest absolute Gasteiger partial charge is 0.416 e. The molecule has 3 aromatic rings. The number of halogens is 4. The first-order chi connectivity index (χ1) is 10.9. The third kappa shape index (κ3) is 3.62. The van der Waals surface area contributed by atoms with Gasteiger partial charge >= 0.3 is 6.18 Å². The molecule has 118 valence electrons. The molecular weight excluding hydrogens is 329 g/mol. The number of nitrogens with one attached hydrogen (secondary N) is 2. The minimum Gasteiger partial charge on any atom is -0.324 e. The maximum Gasteiger partial charge on any atom is 0.416 e. The second-order valence-electron chi connectivity index (χ2n) is 4.73. The molecule has 0 bridgehead atoms. The van der Waals surface area contributed by atoms with Crippen LogP contribution in [0.2, 0.25) is 5.02 Å². The molecular formula is C15H10ClF3N4. The quantitative estimate of drug-likeness (QED) is 0.715. The molecule has 0 fully saturated rings.